The van der Waals surface area contributed by atoms with Gasteiger partial charge in [-0.15, -0.1) is 0 Å². The lowest BCUT2D eigenvalue weighted by atomic mass is 10.0. The van der Waals surface area contributed by atoms with Crippen molar-refractivity contribution in [3.8, 4) is 0 Å². The topological polar surface area (TPSA) is 54.9 Å². The predicted octanol–water partition coefficient (Wildman–Crippen LogP) is 2.87. The Bertz CT molecular complexity index is 729. The monoisotopic (exact) mass is 298 g/mol. The van der Waals surface area contributed by atoms with Crippen LogP contribution in [0, 0.1) is 13.8 Å². The Morgan fingerprint density at radius 1 is 1.21 bits per heavy atom. The quantitative estimate of drug-likeness (QED) is 0.867. The lowest BCUT2D eigenvalue weighted by Crippen LogP contribution is -2.20. The summed E-state index contributed by atoms with van der Waals surface area (Å²) in [7, 11) is 1.55. The van der Waals surface area contributed by atoms with Crippen molar-refractivity contribution in [3.63, 3.8) is 0 Å². The molecular weight excluding hydrogens is 287 g/mol. The number of ketones is 1. The summed E-state index contributed by atoms with van der Waals surface area (Å²) in [6, 6.07) is 3.33. The molecule has 0 aliphatic heterocycles. The van der Waals surface area contributed by atoms with E-state index in [1.54, 1.807) is 33.0 Å². The molecule has 1 aromatic heterocycles. The summed E-state index contributed by atoms with van der Waals surface area (Å²) < 4.78 is 1.25. The number of nitrogens with one attached hydrogen (secondary N) is 1. The molecule has 0 bridgehead atoms. The molecule has 0 spiro atoms. The first-order valence-corrected chi connectivity index (χ1v) is 6.35. The summed E-state index contributed by atoms with van der Waals surface area (Å²) in [5.41, 5.74) is 1.07. The third-order valence-electron chi connectivity index (χ3n) is 2.97. The zero-order chi connectivity index (χ0) is 14.3. The molecule has 0 saturated heterocycles. The third kappa shape index (κ3) is 2.22. The number of hydrogen-bond donors (Lipinski definition) is 1. The first-order chi connectivity index (χ1) is 8.84. The molecule has 0 amide bonds. The molecule has 2 rings (SSSR count). The van der Waals surface area contributed by atoms with Crippen molar-refractivity contribution in [2.24, 2.45) is 7.05 Å². The van der Waals surface area contributed by atoms with Gasteiger partial charge in [0.05, 0.1) is 15.6 Å². The molecule has 1 heterocycles. The summed E-state index contributed by atoms with van der Waals surface area (Å²) in [6.45, 7) is 3.43. The van der Waals surface area contributed by atoms with E-state index in [1.165, 1.54) is 4.68 Å². The van der Waals surface area contributed by atoms with Gasteiger partial charge in [0.2, 0.25) is 5.78 Å². The zero-order valence-corrected chi connectivity index (χ0v) is 12.2. The van der Waals surface area contributed by atoms with Crippen LogP contribution in [0.4, 0.5) is 0 Å². The Kier molecular flexibility index (Phi) is 3.56. The van der Waals surface area contributed by atoms with E-state index >= 15 is 0 Å². The molecule has 0 unspecified atom stereocenters. The molecule has 4 nitrogen and oxygen atoms in total. The van der Waals surface area contributed by atoms with Crippen molar-refractivity contribution in [1.82, 2.24) is 9.78 Å². The Labute approximate surface area is 119 Å². The van der Waals surface area contributed by atoms with Crippen molar-refractivity contribution < 1.29 is 4.79 Å². The minimum atomic E-state index is -0.460. The second-order valence-corrected chi connectivity index (χ2v) is 5.14. The molecule has 1 aromatic carbocycles. The number of H-pyrrole nitrogens is 1. The van der Waals surface area contributed by atoms with Gasteiger partial charge in [-0.1, -0.05) is 29.3 Å². The highest BCUT2D eigenvalue weighted by Gasteiger charge is 2.24. The van der Waals surface area contributed by atoms with Crippen LogP contribution in [0.3, 0.4) is 0 Å². The molecule has 2 aromatic rings. The van der Waals surface area contributed by atoms with Crippen LogP contribution in [-0.4, -0.2) is 15.6 Å². The zero-order valence-electron chi connectivity index (χ0n) is 10.7. The Balaban J connectivity index is 2.70. The molecule has 0 atom stereocenters. The van der Waals surface area contributed by atoms with Crippen LogP contribution in [0.1, 0.15) is 27.2 Å². The Morgan fingerprint density at radius 2 is 1.84 bits per heavy atom. The van der Waals surface area contributed by atoms with Crippen molar-refractivity contribution in [3.05, 3.63) is 54.9 Å². The fraction of sp³-hybridized carbons (Fsp3) is 0.231. The minimum Gasteiger partial charge on any atom is -0.299 e. The van der Waals surface area contributed by atoms with Gasteiger partial charge in [0.25, 0.3) is 5.56 Å². The van der Waals surface area contributed by atoms with Crippen molar-refractivity contribution in [2.45, 2.75) is 13.8 Å². The van der Waals surface area contributed by atoms with E-state index in [2.05, 4.69) is 5.10 Å². The molecule has 0 aliphatic carbocycles. The Morgan fingerprint density at radius 3 is 2.37 bits per heavy atom. The summed E-state index contributed by atoms with van der Waals surface area (Å²) in [5, 5.41) is 3.29. The van der Waals surface area contributed by atoms with Gasteiger partial charge in [0, 0.05) is 12.7 Å². The van der Waals surface area contributed by atoms with Crippen LogP contribution in [-0.2, 0) is 7.05 Å². The van der Waals surface area contributed by atoms with E-state index in [4.69, 9.17) is 23.2 Å². The number of aryl methyl sites for hydroxylation is 3. The summed E-state index contributed by atoms with van der Waals surface area (Å²) in [6.07, 6.45) is 0. The fourth-order valence-corrected chi connectivity index (χ4v) is 2.49. The molecule has 6 heteroatoms. The SMILES string of the molecule is Cc1ccc(Cl)c(C(=O)c2c(C)[nH]n(C)c2=O)c1Cl. The lowest BCUT2D eigenvalue weighted by Gasteiger charge is -2.07. The lowest BCUT2D eigenvalue weighted by molar-refractivity contribution is 0.103. The maximum absolute atomic E-state index is 12.5. The highest BCUT2D eigenvalue weighted by Crippen LogP contribution is 2.29. The van der Waals surface area contributed by atoms with Gasteiger partial charge in [0.15, 0.2) is 0 Å². The largest absolute Gasteiger partial charge is 0.299 e. The molecule has 1 N–H and O–H groups in total. The van der Waals surface area contributed by atoms with Gasteiger partial charge in [-0.2, -0.15) is 0 Å². The van der Waals surface area contributed by atoms with Crippen LogP contribution < -0.4 is 5.56 Å². The number of nitrogens with zero attached hydrogens (tertiary/aromatic N) is 1. The molecule has 100 valence electrons. The molecule has 0 aliphatic rings. The van der Waals surface area contributed by atoms with Crippen LogP contribution in [0.2, 0.25) is 10.0 Å². The van der Waals surface area contributed by atoms with E-state index < -0.39 is 11.3 Å². The van der Waals surface area contributed by atoms with Crippen LogP contribution in [0.25, 0.3) is 0 Å². The molecular formula is C13H12Cl2N2O2. The number of aromatic amines is 1. The number of aromatic nitrogens is 2. The summed E-state index contributed by atoms with van der Waals surface area (Å²) in [4.78, 5) is 24.4. The summed E-state index contributed by atoms with van der Waals surface area (Å²) >= 11 is 12.2. The second-order valence-electron chi connectivity index (χ2n) is 4.36. The van der Waals surface area contributed by atoms with Crippen LogP contribution in [0.15, 0.2) is 16.9 Å². The van der Waals surface area contributed by atoms with E-state index in [9.17, 15) is 9.59 Å². The van der Waals surface area contributed by atoms with Gasteiger partial charge in [-0.05, 0) is 25.5 Å². The average Bonchev–Trinajstić information content (AvgIpc) is 2.58. The van der Waals surface area contributed by atoms with E-state index in [0.29, 0.717) is 5.69 Å². The molecule has 0 radical (unpaired) electrons. The van der Waals surface area contributed by atoms with Crippen molar-refractivity contribution in [1.29, 1.82) is 0 Å². The fourth-order valence-electron chi connectivity index (χ4n) is 1.94. The number of carbonyl (C=O) groups excluding carboxylic acids is 1. The standard InChI is InChI=1S/C13H12Cl2N2O2/c1-6-4-5-8(14)10(11(6)15)12(18)9-7(2)16-17(3)13(9)19/h4-5,16H,1-3H3. The normalized spacial score (nSPS) is 10.8. The highest BCUT2D eigenvalue weighted by atomic mass is 35.5. The second kappa shape index (κ2) is 4.87. The van der Waals surface area contributed by atoms with Crippen LogP contribution in [0.5, 0.6) is 0 Å². The van der Waals surface area contributed by atoms with Gasteiger partial charge in [-0.3, -0.25) is 19.4 Å². The van der Waals surface area contributed by atoms with Gasteiger partial charge in [-0.25, -0.2) is 0 Å². The van der Waals surface area contributed by atoms with Crippen molar-refractivity contribution in [2.75, 3.05) is 0 Å². The number of rotatable bonds is 2. The average molecular weight is 299 g/mol. The first-order valence-electron chi connectivity index (χ1n) is 5.59. The maximum Gasteiger partial charge on any atom is 0.277 e. The van der Waals surface area contributed by atoms with Gasteiger partial charge >= 0.3 is 0 Å². The van der Waals surface area contributed by atoms with E-state index in [-0.39, 0.29) is 21.2 Å². The minimum absolute atomic E-state index is 0.0666. The molecule has 19 heavy (non-hydrogen) atoms. The molecule has 0 saturated carbocycles. The van der Waals surface area contributed by atoms with Crippen molar-refractivity contribution >= 4 is 29.0 Å². The number of halogens is 2. The molecule has 0 fully saturated rings. The number of benzene rings is 1. The smallest absolute Gasteiger partial charge is 0.277 e. The first kappa shape index (κ1) is 13.9. The van der Waals surface area contributed by atoms with E-state index in [0.717, 1.165) is 5.56 Å². The van der Waals surface area contributed by atoms with E-state index in [1.807, 2.05) is 0 Å². The van der Waals surface area contributed by atoms with Crippen LogP contribution >= 0.6 is 23.2 Å². The Hall–Kier alpha value is -1.52. The van der Waals surface area contributed by atoms with Gasteiger partial charge < -0.3 is 0 Å². The highest BCUT2D eigenvalue weighted by molar-refractivity contribution is 6.41. The number of hydrogen-bond acceptors (Lipinski definition) is 2. The number of carbonyl (C=O) groups is 1. The maximum atomic E-state index is 12.5. The predicted molar refractivity (Wildman–Crippen MR) is 75.4 cm³/mol. The van der Waals surface area contributed by atoms with Gasteiger partial charge in [0.1, 0.15) is 5.56 Å². The third-order valence-corrected chi connectivity index (χ3v) is 3.77. The summed E-state index contributed by atoms with van der Waals surface area (Å²) in [5.74, 6) is -0.460.